The number of carbonyl (C=O) groups is 1. The van der Waals surface area contributed by atoms with Gasteiger partial charge in [0.2, 0.25) is 5.95 Å². The predicted molar refractivity (Wildman–Crippen MR) is 86.5 cm³/mol. The number of benzene rings is 1. The van der Waals surface area contributed by atoms with Gasteiger partial charge in [-0.2, -0.15) is 4.68 Å². The van der Waals surface area contributed by atoms with Gasteiger partial charge in [0.1, 0.15) is 11.8 Å². The molecule has 1 aromatic heterocycles. The highest BCUT2D eigenvalue weighted by Crippen LogP contribution is 2.38. The molecule has 8 heteroatoms. The summed E-state index contributed by atoms with van der Waals surface area (Å²) in [4.78, 5) is 12.6. The van der Waals surface area contributed by atoms with E-state index >= 15 is 0 Å². The fourth-order valence-electron chi connectivity index (χ4n) is 2.73. The summed E-state index contributed by atoms with van der Waals surface area (Å²) in [6.07, 6.45) is 0.751. The molecule has 3 rings (SSSR count). The molecule has 0 bridgehead atoms. The summed E-state index contributed by atoms with van der Waals surface area (Å²) in [5.41, 5.74) is 1.92. The van der Waals surface area contributed by atoms with Crippen molar-refractivity contribution in [3.05, 3.63) is 41.1 Å². The number of carbonyl (C=O) groups excluding carboxylic acids is 1. The van der Waals surface area contributed by atoms with Gasteiger partial charge in [-0.15, -0.1) is 0 Å². The standard InChI is InChI=1S/C16H19N5O3/c1-4-9-24-15(22)13-10(2)17-16-18-19-20-21(16)14(13)11-7-5-6-8-12(11)23-3/h5-8,14H,4,9H2,1-3H3,(H,17,18,20)/t14-/m0/s1. The van der Waals surface area contributed by atoms with Crippen molar-refractivity contribution in [3.63, 3.8) is 0 Å². The Morgan fingerprint density at radius 3 is 2.92 bits per heavy atom. The van der Waals surface area contributed by atoms with E-state index in [-0.39, 0.29) is 5.97 Å². The number of anilines is 1. The van der Waals surface area contributed by atoms with E-state index in [0.717, 1.165) is 12.0 Å². The molecule has 0 radical (unpaired) electrons. The van der Waals surface area contributed by atoms with Crippen LogP contribution in [0, 0.1) is 0 Å². The number of rotatable bonds is 5. The van der Waals surface area contributed by atoms with Crippen LogP contribution < -0.4 is 10.1 Å². The number of hydrogen-bond acceptors (Lipinski definition) is 7. The Hall–Kier alpha value is -2.90. The number of esters is 1. The Labute approximate surface area is 139 Å². The molecule has 1 N–H and O–H groups in total. The molecule has 0 aliphatic carbocycles. The van der Waals surface area contributed by atoms with Gasteiger partial charge in [0, 0.05) is 11.3 Å². The molecule has 126 valence electrons. The van der Waals surface area contributed by atoms with Gasteiger partial charge in [-0.3, -0.25) is 0 Å². The summed E-state index contributed by atoms with van der Waals surface area (Å²) < 4.78 is 12.4. The SMILES string of the molecule is CCCOC(=O)C1=C(C)Nc2nnnn2[C@H]1c1ccccc1OC. The third-order valence-electron chi connectivity index (χ3n) is 3.80. The molecular weight excluding hydrogens is 310 g/mol. The molecule has 0 saturated carbocycles. The van der Waals surface area contributed by atoms with Crippen LogP contribution in [0.15, 0.2) is 35.5 Å². The number of hydrogen-bond donors (Lipinski definition) is 1. The van der Waals surface area contributed by atoms with Crippen LogP contribution in [0.4, 0.5) is 5.95 Å². The number of fused-ring (bicyclic) bond motifs is 1. The second-order valence-electron chi connectivity index (χ2n) is 5.39. The van der Waals surface area contributed by atoms with E-state index in [4.69, 9.17) is 9.47 Å². The minimum Gasteiger partial charge on any atom is -0.496 e. The molecule has 1 atom stereocenters. The molecule has 1 aromatic carbocycles. The lowest BCUT2D eigenvalue weighted by Gasteiger charge is -2.28. The molecule has 0 saturated heterocycles. The second-order valence-corrected chi connectivity index (χ2v) is 5.39. The van der Waals surface area contributed by atoms with E-state index in [2.05, 4.69) is 20.8 Å². The second kappa shape index (κ2) is 6.69. The summed E-state index contributed by atoms with van der Waals surface area (Å²) in [7, 11) is 1.59. The Morgan fingerprint density at radius 2 is 2.17 bits per heavy atom. The normalized spacial score (nSPS) is 16.4. The summed E-state index contributed by atoms with van der Waals surface area (Å²) in [5.74, 6) is 0.730. The highest BCUT2D eigenvalue weighted by molar-refractivity contribution is 5.92. The van der Waals surface area contributed by atoms with Crippen LogP contribution in [0.1, 0.15) is 31.9 Å². The first-order chi connectivity index (χ1) is 11.7. The predicted octanol–water partition coefficient (Wildman–Crippen LogP) is 1.92. The number of nitrogens with one attached hydrogen (secondary N) is 1. The molecule has 1 aliphatic heterocycles. The van der Waals surface area contributed by atoms with E-state index in [1.165, 1.54) is 0 Å². The van der Waals surface area contributed by atoms with Crippen LogP contribution in [0.2, 0.25) is 0 Å². The van der Waals surface area contributed by atoms with Crippen molar-refractivity contribution < 1.29 is 14.3 Å². The van der Waals surface area contributed by atoms with Crippen molar-refractivity contribution in [2.45, 2.75) is 26.3 Å². The van der Waals surface area contributed by atoms with Gasteiger partial charge in [0.05, 0.1) is 19.3 Å². The summed E-state index contributed by atoms with van der Waals surface area (Å²) >= 11 is 0. The zero-order valence-electron chi connectivity index (χ0n) is 13.8. The van der Waals surface area contributed by atoms with E-state index in [1.807, 2.05) is 38.1 Å². The molecule has 1 aliphatic rings. The van der Waals surface area contributed by atoms with Gasteiger partial charge >= 0.3 is 5.97 Å². The molecule has 24 heavy (non-hydrogen) atoms. The van der Waals surface area contributed by atoms with Crippen molar-refractivity contribution in [2.24, 2.45) is 0 Å². The molecule has 8 nitrogen and oxygen atoms in total. The zero-order chi connectivity index (χ0) is 17.1. The number of aromatic nitrogens is 4. The topological polar surface area (TPSA) is 91.2 Å². The van der Waals surface area contributed by atoms with Gasteiger partial charge in [-0.1, -0.05) is 30.2 Å². The maximum absolute atomic E-state index is 12.6. The number of para-hydroxylation sites is 1. The first kappa shape index (κ1) is 16.0. The minimum atomic E-state index is -0.517. The lowest BCUT2D eigenvalue weighted by molar-refractivity contribution is -0.139. The van der Waals surface area contributed by atoms with E-state index in [0.29, 0.717) is 29.6 Å². The fraction of sp³-hybridized carbons (Fsp3) is 0.375. The number of methoxy groups -OCH3 is 1. The van der Waals surface area contributed by atoms with Crippen LogP contribution in [-0.4, -0.2) is 39.9 Å². The third kappa shape index (κ3) is 2.70. The van der Waals surface area contributed by atoms with Gasteiger partial charge in [0.25, 0.3) is 0 Å². The number of tetrazole rings is 1. The Morgan fingerprint density at radius 1 is 1.38 bits per heavy atom. The van der Waals surface area contributed by atoms with Crippen LogP contribution in [0.5, 0.6) is 5.75 Å². The van der Waals surface area contributed by atoms with Crippen molar-refractivity contribution in [3.8, 4) is 5.75 Å². The molecule has 0 amide bonds. The molecule has 0 unspecified atom stereocenters. The summed E-state index contributed by atoms with van der Waals surface area (Å²) in [6, 6.07) is 6.97. The fourth-order valence-corrected chi connectivity index (χ4v) is 2.73. The Bertz CT molecular complexity index is 784. The molecule has 0 fully saturated rings. The smallest absolute Gasteiger partial charge is 0.338 e. The van der Waals surface area contributed by atoms with Crippen molar-refractivity contribution in [1.29, 1.82) is 0 Å². The maximum Gasteiger partial charge on any atom is 0.338 e. The Kier molecular flexibility index (Phi) is 4.45. The van der Waals surface area contributed by atoms with Crippen molar-refractivity contribution >= 4 is 11.9 Å². The van der Waals surface area contributed by atoms with E-state index < -0.39 is 6.04 Å². The van der Waals surface area contributed by atoms with Crippen LogP contribution in [0.3, 0.4) is 0 Å². The average Bonchev–Trinajstić information content (AvgIpc) is 3.06. The van der Waals surface area contributed by atoms with Crippen LogP contribution >= 0.6 is 0 Å². The van der Waals surface area contributed by atoms with E-state index in [1.54, 1.807) is 11.8 Å². The number of ether oxygens (including phenoxy) is 2. The highest BCUT2D eigenvalue weighted by Gasteiger charge is 2.36. The first-order valence-electron chi connectivity index (χ1n) is 7.73. The lowest BCUT2D eigenvalue weighted by atomic mass is 9.95. The number of allylic oxidation sites excluding steroid dienone is 1. The molecule has 2 aromatic rings. The molecule has 2 heterocycles. The lowest BCUT2D eigenvalue weighted by Crippen LogP contribution is -2.30. The third-order valence-corrected chi connectivity index (χ3v) is 3.80. The molecule has 0 spiro atoms. The quantitative estimate of drug-likeness (QED) is 0.838. The average molecular weight is 329 g/mol. The van der Waals surface area contributed by atoms with Crippen molar-refractivity contribution in [2.75, 3.05) is 19.0 Å². The van der Waals surface area contributed by atoms with Gasteiger partial charge < -0.3 is 14.8 Å². The van der Waals surface area contributed by atoms with Gasteiger partial charge in [0.15, 0.2) is 0 Å². The first-order valence-corrected chi connectivity index (χ1v) is 7.73. The highest BCUT2D eigenvalue weighted by atomic mass is 16.5. The van der Waals surface area contributed by atoms with E-state index in [9.17, 15) is 4.79 Å². The van der Waals surface area contributed by atoms with Gasteiger partial charge in [-0.25, -0.2) is 4.79 Å². The van der Waals surface area contributed by atoms with Crippen LogP contribution in [-0.2, 0) is 9.53 Å². The summed E-state index contributed by atoms with van der Waals surface area (Å²) in [6.45, 7) is 4.12. The van der Waals surface area contributed by atoms with Crippen LogP contribution in [0.25, 0.3) is 0 Å². The maximum atomic E-state index is 12.6. The largest absolute Gasteiger partial charge is 0.496 e. The van der Waals surface area contributed by atoms with Gasteiger partial charge in [-0.05, 0) is 29.8 Å². The molecular formula is C16H19N5O3. The monoisotopic (exact) mass is 329 g/mol. The van der Waals surface area contributed by atoms with Crippen molar-refractivity contribution in [1.82, 2.24) is 20.2 Å². The Balaban J connectivity index is 2.13. The zero-order valence-corrected chi connectivity index (χ0v) is 13.8. The minimum absolute atomic E-state index is 0.358. The summed E-state index contributed by atoms with van der Waals surface area (Å²) in [5, 5.41) is 14.7. The number of nitrogens with zero attached hydrogens (tertiary/aromatic N) is 4.